The van der Waals surface area contributed by atoms with Crippen molar-refractivity contribution in [3.8, 4) is 11.1 Å². The van der Waals surface area contributed by atoms with E-state index in [0.717, 1.165) is 27.6 Å². The van der Waals surface area contributed by atoms with Crippen LogP contribution in [0.3, 0.4) is 0 Å². The van der Waals surface area contributed by atoms with Crippen molar-refractivity contribution in [3.63, 3.8) is 0 Å². The van der Waals surface area contributed by atoms with Gasteiger partial charge in [-0.15, -0.1) is 0 Å². The van der Waals surface area contributed by atoms with Crippen LogP contribution in [-0.4, -0.2) is 17.6 Å². The molecular formula is C20H19NO2. The second kappa shape index (κ2) is 6.21. The van der Waals surface area contributed by atoms with Crippen molar-refractivity contribution < 1.29 is 9.53 Å². The van der Waals surface area contributed by atoms with Crippen LogP contribution < -0.4 is 0 Å². The Morgan fingerprint density at radius 1 is 1.00 bits per heavy atom. The topological polar surface area (TPSA) is 39.2 Å². The highest BCUT2D eigenvalue weighted by Crippen LogP contribution is 2.30. The molecule has 3 nitrogen and oxygen atoms in total. The summed E-state index contributed by atoms with van der Waals surface area (Å²) < 4.78 is 5.11. The van der Waals surface area contributed by atoms with E-state index in [1.165, 1.54) is 5.56 Å². The number of aromatic nitrogens is 1. The molecule has 0 atom stereocenters. The number of benzene rings is 2. The molecule has 0 saturated heterocycles. The molecule has 23 heavy (non-hydrogen) atoms. The first-order valence-electron chi connectivity index (χ1n) is 7.74. The first-order valence-corrected chi connectivity index (χ1v) is 7.74. The molecule has 0 saturated carbocycles. The average molecular weight is 305 g/mol. The number of esters is 1. The van der Waals surface area contributed by atoms with Crippen molar-refractivity contribution in [1.29, 1.82) is 0 Å². The maximum Gasteiger partial charge on any atom is 0.356 e. The fourth-order valence-corrected chi connectivity index (χ4v) is 2.62. The number of hydrogen-bond donors (Lipinski definition) is 0. The normalized spacial score (nSPS) is 10.7. The molecule has 116 valence electrons. The number of ether oxygens (including phenoxy) is 1. The molecule has 0 radical (unpaired) electrons. The molecule has 0 amide bonds. The van der Waals surface area contributed by atoms with E-state index in [9.17, 15) is 4.79 Å². The van der Waals surface area contributed by atoms with E-state index in [1.807, 2.05) is 18.2 Å². The Labute approximate surface area is 135 Å². The van der Waals surface area contributed by atoms with E-state index in [-0.39, 0.29) is 5.97 Å². The molecule has 0 spiro atoms. The van der Waals surface area contributed by atoms with Crippen LogP contribution in [0.15, 0.2) is 48.5 Å². The van der Waals surface area contributed by atoms with E-state index in [2.05, 4.69) is 49.2 Å². The van der Waals surface area contributed by atoms with Crippen LogP contribution in [-0.2, 0) is 4.74 Å². The zero-order chi connectivity index (χ0) is 16.4. The van der Waals surface area contributed by atoms with Gasteiger partial charge in [-0.05, 0) is 50.1 Å². The van der Waals surface area contributed by atoms with Crippen molar-refractivity contribution in [2.24, 2.45) is 0 Å². The lowest BCUT2D eigenvalue weighted by Gasteiger charge is -2.11. The maximum absolute atomic E-state index is 12.1. The van der Waals surface area contributed by atoms with Gasteiger partial charge in [-0.1, -0.05) is 41.5 Å². The third-order valence-electron chi connectivity index (χ3n) is 3.81. The van der Waals surface area contributed by atoms with Crippen molar-refractivity contribution >= 4 is 16.9 Å². The lowest BCUT2D eigenvalue weighted by atomic mass is 9.98. The number of hydrogen-bond acceptors (Lipinski definition) is 3. The number of aryl methyl sites for hydroxylation is 2. The number of carbonyl (C=O) groups is 1. The minimum atomic E-state index is -0.386. The number of carbonyl (C=O) groups excluding carboxylic acids is 1. The van der Waals surface area contributed by atoms with Crippen molar-refractivity contribution in [2.45, 2.75) is 20.8 Å². The standard InChI is InChI=1S/C20H19NO2/c1-4-23-20(22)19-12-16(15-8-5-13(2)6-9-15)17-11-14(3)7-10-18(17)21-19/h5-12H,4H2,1-3H3. The molecule has 2 aromatic carbocycles. The molecule has 1 aromatic heterocycles. The Kier molecular flexibility index (Phi) is 4.11. The lowest BCUT2D eigenvalue weighted by Crippen LogP contribution is -2.07. The van der Waals surface area contributed by atoms with Gasteiger partial charge in [0.25, 0.3) is 0 Å². The Bertz CT molecular complexity index is 867. The summed E-state index contributed by atoms with van der Waals surface area (Å²) in [5.74, 6) is -0.386. The van der Waals surface area contributed by atoms with Gasteiger partial charge in [0.05, 0.1) is 12.1 Å². The SMILES string of the molecule is CCOC(=O)c1cc(-c2ccc(C)cc2)c2cc(C)ccc2n1. The van der Waals surface area contributed by atoms with E-state index in [0.29, 0.717) is 12.3 Å². The summed E-state index contributed by atoms with van der Waals surface area (Å²) in [4.78, 5) is 16.6. The largest absolute Gasteiger partial charge is 0.461 e. The van der Waals surface area contributed by atoms with Crippen LogP contribution >= 0.6 is 0 Å². The van der Waals surface area contributed by atoms with Crippen molar-refractivity contribution in [2.75, 3.05) is 6.61 Å². The minimum Gasteiger partial charge on any atom is -0.461 e. The third kappa shape index (κ3) is 3.09. The number of rotatable bonds is 3. The zero-order valence-electron chi connectivity index (χ0n) is 13.6. The van der Waals surface area contributed by atoms with E-state index in [1.54, 1.807) is 6.92 Å². The molecule has 0 aliphatic rings. The van der Waals surface area contributed by atoms with E-state index in [4.69, 9.17) is 4.74 Å². The predicted octanol–water partition coefficient (Wildman–Crippen LogP) is 4.70. The quantitative estimate of drug-likeness (QED) is 0.659. The van der Waals surface area contributed by atoms with Gasteiger partial charge in [-0.25, -0.2) is 9.78 Å². The first kappa shape index (κ1) is 15.2. The van der Waals surface area contributed by atoms with Gasteiger partial charge in [-0.2, -0.15) is 0 Å². The van der Waals surface area contributed by atoms with Crippen LogP contribution in [0.4, 0.5) is 0 Å². The second-order valence-electron chi connectivity index (χ2n) is 5.66. The van der Waals surface area contributed by atoms with Gasteiger partial charge in [0.1, 0.15) is 5.69 Å². The van der Waals surface area contributed by atoms with Gasteiger partial charge >= 0.3 is 5.97 Å². The highest BCUT2D eigenvalue weighted by atomic mass is 16.5. The predicted molar refractivity (Wildman–Crippen MR) is 92.6 cm³/mol. The summed E-state index contributed by atoms with van der Waals surface area (Å²) >= 11 is 0. The molecule has 3 rings (SSSR count). The molecule has 0 fully saturated rings. The highest BCUT2D eigenvalue weighted by molar-refractivity contribution is 5.99. The fraction of sp³-hybridized carbons (Fsp3) is 0.200. The smallest absolute Gasteiger partial charge is 0.356 e. The summed E-state index contributed by atoms with van der Waals surface area (Å²) in [5, 5.41) is 1.04. The highest BCUT2D eigenvalue weighted by Gasteiger charge is 2.14. The molecule has 3 aromatic rings. The molecule has 0 aliphatic heterocycles. The molecule has 0 bridgehead atoms. The maximum atomic E-state index is 12.1. The van der Waals surface area contributed by atoms with Crippen LogP contribution in [0.1, 0.15) is 28.5 Å². The van der Waals surface area contributed by atoms with Crippen LogP contribution in [0.5, 0.6) is 0 Å². The Hall–Kier alpha value is -2.68. The molecule has 3 heteroatoms. The summed E-state index contributed by atoms with van der Waals surface area (Å²) in [6.45, 7) is 6.25. The Balaban J connectivity index is 2.25. The van der Waals surface area contributed by atoms with Crippen molar-refractivity contribution in [3.05, 3.63) is 65.4 Å². The zero-order valence-corrected chi connectivity index (χ0v) is 13.6. The molecule has 0 unspecified atom stereocenters. The van der Waals surface area contributed by atoms with Gasteiger partial charge in [0.2, 0.25) is 0 Å². The van der Waals surface area contributed by atoms with Crippen LogP contribution in [0.2, 0.25) is 0 Å². The summed E-state index contributed by atoms with van der Waals surface area (Å²) in [5.41, 5.74) is 5.59. The number of nitrogens with zero attached hydrogens (tertiary/aromatic N) is 1. The summed E-state index contributed by atoms with van der Waals surface area (Å²) in [6.07, 6.45) is 0. The molecule has 0 N–H and O–H groups in total. The average Bonchev–Trinajstić information content (AvgIpc) is 2.55. The van der Waals surface area contributed by atoms with Gasteiger partial charge in [-0.3, -0.25) is 0 Å². The molecule has 0 aliphatic carbocycles. The van der Waals surface area contributed by atoms with E-state index >= 15 is 0 Å². The third-order valence-corrected chi connectivity index (χ3v) is 3.81. The van der Waals surface area contributed by atoms with E-state index < -0.39 is 0 Å². The monoisotopic (exact) mass is 305 g/mol. The second-order valence-corrected chi connectivity index (χ2v) is 5.66. The lowest BCUT2D eigenvalue weighted by molar-refractivity contribution is 0.0520. The Morgan fingerprint density at radius 3 is 2.39 bits per heavy atom. The van der Waals surface area contributed by atoms with Crippen LogP contribution in [0.25, 0.3) is 22.0 Å². The molecular weight excluding hydrogens is 286 g/mol. The Morgan fingerprint density at radius 2 is 1.70 bits per heavy atom. The van der Waals surface area contributed by atoms with Crippen molar-refractivity contribution in [1.82, 2.24) is 4.98 Å². The fourth-order valence-electron chi connectivity index (χ4n) is 2.62. The minimum absolute atomic E-state index is 0.340. The van der Waals surface area contributed by atoms with Crippen LogP contribution in [0, 0.1) is 13.8 Å². The summed E-state index contributed by atoms with van der Waals surface area (Å²) in [6, 6.07) is 16.2. The number of fused-ring (bicyclic) bond motifs is 1. The van der Waals surface area contributed by atoms with Gasteiger partial charge in [0.15, 0.2) is 0 Å². The first-order chi connectivity index (χ1) is 11.1. The molecule has 1 heterocycles. The van der Waals surface area contributed by atoms with Gasteiger partial charge in [0, 0.05) is 5.39 Å². The summed E-state index contributed by atoms with van der Waals surface area (Å²) in [7, 11) is 0. The van der Waals surface area contributed by atoms with Gasteiger partial charge < -0.3 is 4.74 Å². The number of pyridine rings is 1.